The molecule has 0 bridgehead atoms. The van der Waals surface area contributed by atoms with E-state index < -0.39 is 86.7 Å². The summed E-state index contributed by atoms with van der Waals surface area (Å²) in [7, 11) is -12.3. The predicted octanol–water partition coefficient (Wildman–Crippen LogP) is 2.89. The molecular formula is C22H23ClF2O8S3. The van der Waals surface area contributed by atoms with E-state index in [9.17, 15) is 29.6 Å². The van der Waals surface area contributed by atoms with Gasteiger partial charge in [0.1, 0.15) is 10.6 Å². The number of hydrogen-bond donors (Lipinski definition) is 0. The molecule has 2 aromatic carbocycles. The summed E-state index contributed by atoms with van der Waals surface area (Å²) in [6.45, 7) is -0.591. The molecule has 36 heavy (non-hydrogen) atoms. The fraction of sp³-hybridized carbons (Fsp3) is 0.455. The van der Waals surface area contributed by atoms with Crippen molar-refractivity contribution in [2.24, 2.45) is 5.92 Å². The Morgan fingerprint density at radius 1 is 1.00 bits per heavy atom. The number of benzene rings is 2. The van der Waals surface area contributed by atoms with Crippen LogP contribution in [-0.4, -0.2) is 61.7 Å². The van der Waals surface area contributed by atoms with Gasteiger partial charge in [-0.1, -0.05) is 11.6 Å². The Hall–Kier alpha value is -1.80. The van der Waals surface area contributed by atoms with Crippen molar-refractivity contribution in [3.63, 3.8) is 0 Å². The van der Waals surface area contributed by atoms with E-state index in [-0.39, 0.29) is 29.4 Å². The highest BCUT2D eigenvalue weighted by molar-refractivity contribution is 8.07. The quantitative estimate of drug-likeness (QED) is 0.487. The van der Waals surface area contributed by atoms with Gasteiger partial charge in [0.25, 0.3) is 0 Å². The maximum Gasteiger partial charge on any atom is 0.189 e. The highest BCUT2D eigenvalue weighted by atomic mass is 35.5. The second-order valence-electron chi connectivity index (χ2n) is 8.94. The minimum atomic E-state index is -4.44. The van der Waals surface area contributed by atoms with Crippen LogP contribution in [0.5, 0.6) is 5.75 Å². The first-order valence-corrected chi connectivity index (χ1v) is 16.5. The van der Waals surface area contributed by atoms with E-state index in [2.05, 4.69) is 0 Å². The van der Waals surface area contributed by atoms with Crippen molar-refractivity contribution in [1.82, 2.24) is 0 Å². The fourth-order valence-electron chi connectivity index (χ4n) is 5.02. The topological polar surface area (TPSA) is 121 Å². The third kappa shape index (κ3) is 4.87. The first-order valence-electron chi connectivity index (χ1n) is 10.8. The van der Waals surface area contributed by atoms with Crippen molar-refractivity contribution in [2.45, 2.75) is 28.6 Å². The van der Waals surface area contributed by atoms with Gasteiger partial charge in [-0.2, -0.15) is 0 Å². The lowest BCUT2D eigenvalue weighted by atomic mass is 9.75. The Balaban J connectivity index is 1.85. The van der Waals surface area contributed by atoms with E-state index in [1.165, 1.54) is 24.3 Å². The highest BCUT2D eigenvalue weighted by Gasteiger charge is 2.61. The first kappa shape index (κ1) is 27.2. The summed E-state index contributed by atoms with van der Waals surface area (Å²) in [4.78, 5) is -0.182. The van der Waals surface area contributed by atoms with Crippen molar-refractivity contribution in [2.75, 3.05) is 30.3 Å². The molecule has 0 unspecified atom stereocenters. The molecule has 0 spiro atoms. The molecule has 1 fully saturated rings. The third-order valence-electron chi connectivity index (χ3n) is 6.45. The van der Waals surface area contributed by atoms with E-state index in [1.807, 2.05) is 0 Å². The van der Waals surface area contributed by atoms with Crippen LogP contribution < -0.4 is 4.74 Å². The molecule has 0 radical (unpaired) electrons. The SMILES string of the molecule is CS(=O)(=O)CS(=O)(=O)CC[C@@H]1OCC[C@@]2(S(=O)(=O)c3ccc(Cl)cc3)c3c(F)ccc(F)c3OC[C@@H]12. The standard InChI is InChI=1S/C22H23ClF2O8S3/c1-34(26,27)13-35(28,29)11-8-19-16-12-33-21-18(25)7-6-17(24)20(21)22(16,9-10-32-19)36(30,31)15-4-2-14(23)3-5-15/h2-7,16,19H,8-13H2,1H3/t16-,19-,22-/m0/s1. The average Bonchev–Trinajstić information content (AvgIpc) is 2.78. The minimum absolute atomic E-state index is 0.182. The van der Waals surface area contributed by atoms with Gasteiger partial charge >= 0.3 is 0 Å². The Morgan fingerprint density at radius 2 is 1.64 bits per heavy atom. The van der Waals surface area contributed by atoms with E-state index in [4.69, 9.17) is 21.1 Å². The van der Waals surface area contributed by atoms with Gasteiger partial charge in [-0.15, -0.1) is 0 Å². The van der Waals surface area contributed by atoms with Crippen molar-refractivity contribution < 1.29 is 43.5 Å². The minimum Gasteiger partial charge on any atom is -0.490 e. The van der Waals surface area contributed by atoms with Gasteiger partial charge in [-0.25, -0.2) is 34.0 Å². The van der Waals surface area contributed by atoms with E-state index in [0.717, 1.165) is 18.4 Å². The Morgan fingerprint density at radius 3 is 2.28 bits per heavy atom. The second kappa shape index (κ2) is 9.50. The molecule has 0 N–H and O–H groups in total. The van der Waals surface area contributed by atoms with Crippen LogP contribution >= 0.6 is 11.6 Å². The lowest BCUT2D eigenvalue weighted by Gasteiger charge is -2.50. The summed E-state index contributed by atoms with van der Waals surface area (Å²) in [5, 5.41) is -0.807. The van der Waals surface area contributed by atoms with E-state index in [0.29, 0.717) is 0 Å². The average molecular weight is 585 g/mol. The van der Waals surface area contributed by atoms with Crippen LogP contribution in [0.1, 0.15) is 18.4 Å². The van der Waals surface area contributed by atoms with Crippen LogP contribution in [0.3, 0.4) is 0 Å². The molecule has 2 heterocycles. The number of halogens is 3. The fourth-order valence-corrected chi connectivity index (χ4v) is 11.2. The zero-order valence-corrected chi connectivity index (χ0v) is 22.2. The molecule has 2 aliphatic rings. The maximum atomic E-state index is 15.3. The van der Waals surface area contributed by atoms with Gasteiger partial charge in [-0.3, -0.25) is 0 Å². The molecule has 2 aliphatic heterocycles. The second-order valence-corrected chi connectivity index (χ2v) is 16.3. The van der Waals surface area contributed by atoms with Gasteiger partial charge in [0.15, 0.2) is 46.2 Å². The maximum absolute atomic E-state index is 15.3. The lowest BCUT2D eigenvalue weighted by molar-refractivity contribution is -0.0732. The molecule has 0 amide bonds. The molecular weight excluding hydrogens is 562 g/mol. The molecule has 0 saturated carbocycles. The normalized spacial score (nSPS) is 24.4. The summed E-state index contributed by atoms with van der Waals surface area (Å²) >= 11 is 5.92. The van der Waals surface area contributed by atoms with Gasteiger partial charge < -0.3 is 9.47 Å². The van der Waals surface area contributed by atoms with Crippen molar-refractivity contribution in [3.8, 4) is 5.75 Å². The smallest absolute Gasteiger partial charge is 0.189 e. The predicted molar refractivity (Wildman–Crippen MR) is 128 cm³/mol. The van der Waals surface area contributed by atoms with Gasteiger partial charge in [0, 0.05) is 23.8 Å². The largest absolute Gasteiger partial charge is 0.490 e. The van der Waals surface area contributed by atoms with Crippen molar-refractivity contribution in [1.29, 1.82) is 0 Å². The molecule has 8 nitrogen and oxygen atoms in total. The van der Waals surface area contributed by atoms with Gasteiger partial charge in [0.05, 0.1) is 28.9 Å². The van der Waals surface area contributed by atoms with Crippen LogP contribution in [0.2, 0.25) is 5.02 Å². The lowest BCUT2D eigenvalue weighted by Crippen LogP contribution is -2.57. The first-order chi connectivity index (χ1) is 16.7. The van der Waals surface area contributed by atoms with Crippen LogP contribution in [0, 0.1) is 17.6 Å². The Kier molecular flexibility index (Phi) is 7.19. The number of fused-ring (bicyclic) bond motifs is 3. The van der Waals surface area contributed by atoms with Crippen molar-refractivity contribution >= 4 is 41.1 Å². The Bertz CT molecular complexity index is 1490. The van der Waals surface area contributed by atoms with Crippen LogP contribution in [0.25, 0.3) is 0 Å². The number of hydrogen-bond acceptors (Lipinski definition) is 8. The Labute approximate surface area is 213 Å². The number of ether oxygens (including phenoxy) is 2. The van der Waals surface area contributed by atoms with Gasteiger partial charge in [0.2, 0.25) is 0 Å². The van der Waals surface area contributed by atoms with Crippen LogP contribution in [0.4, 0.5) is 8.78 Å². The van der Waals surface area contributed by atoms with E-state index >= 15 is 4.39 Å². The zero-order valence-electron chi connectivity index (χ0n) is 19.0. The summed E-state index contributed by atoms with van der Waals surface area (Å²) in [6, 6.07) is 6.90. The molecule has 4 rings (SSSR count). The molecule has 198 valence electrons. The van der Waals surface area contributed by atoms with Crippen LogP contribution in [-0.2, 0) is 39.0 Å². The van der Waals surface area contributed by atoms with Crippen molar-refractivity contribution in [3.05, 3.63) is 58.6 Å². The highest BCUT2D eigenvalue weighted by Crippen LogP contribution is 2.55. The zero-order chi connectivity index (χ0) is 26.5. The molecule has 0 aromatic heterocycles. The molecule has 2 aromatic rings. The summed E-state index contributed by atoms with van der Waals surface area (Å²) in [5.41, 5.74) is -0.471. The molecule has 14 heteroatoms. The molecule has 1 saturated heterocycles. The third-order valence-corrected chi connectivity index (χ3v) is 13.3. The number of rotatable bonds is 7. The monoisotopic (exact) mass is 584 g/mol. The van der Waals surface area contributed by atoms with E-state index in [1.54, 1.807) is 0 Å². The summed E-state index contributed by atoms with van der Waals surface area (Å²) < 4.78 is 115. The van der Waals surface area contributed by atoms with Crippen LogP contribution in [0.15, 0.2) is 41.3 Å². The summed E-state index contributed by atoms with van der Waals surface area (Å²) in [6.07, 6.45) is -0.790. The number of sulfone groups is 3. The molecule has 0 aliphatic carbocycles. The molecule has 3 atom stereocenters. The van der Waals surface area contributed by atoms with Gasteiger partial charge in [-0.05, 0) is 49.2 Å². The summed E-state index contributed by atoms with van der Waals surface area (Å²) in [5.74, 6) is -4.18.